The Hall–Kier alpha value is -0.600. The summed E-state index contributed by atoms with van der Waals surface area (Å²) in [6, 6.07) is 6.16. The lowest BCUT2D eigenvalue weighted by atomic mass is 10.1. The van der Waals surface area contributed by atoms with Gasteiger partial charge in [-0.05, 0) is 36.2 Å². The van der Waals surface area contributed by atoms with Gasteiger partial charge in [0.2, 0.25) is 0 Å². The van der Waals surface area contributed by atoms with Crippen LogP contribution in [0.4, 0.5) is 0 Å². The lowest BCUT2D eigenvalue weighted by molar-refractivity contribution is 0.966. The van der Waals surface area contributed by atoms with Crippen molar-refractivity contribution in [2.75, 3.05) is 6.54 Å². The second kappa shape index (κ2) is 4.43. The third-order valence-electron chi connectivity index (χ3n) is 1.74. The molecule has 0 aliphatic heterocycles. The fraction of sp³-hybridized carbons (Fsp3) is 0.200. The Labute approximate surface area is 81.4 Å². The van der Waals surface area contributed by atoms with Gasteiger partial charge in [-0.2, -0.15) is 0 Å². The zero-order chi connectivity index (χ0) is 8.97. The highest BCUT2D eigenvalue weighted by Crippen LogP contribution is 2.17. The molecule has 2 N–H and O–H groups in total. The molecule has 0 unspecified atom stereocenters. The quantitative estimate of drug-likeness (QED) is 0.842. The summed E-state index contributed by atoms with van der Waals surface area (Å²) in [5.74, 6) is 0. The van der Waals surface area contributed by atoms with Crippen molar-refractivity contribution in [3.05, 3.63) is 40.4 Å². The van der Waals surface area contributed by atoms with Crippen LogP contribution in [-0.2, 0) is 6.42 Å². The first kappa shape index (κ1) is 9.49. The van der Waals surface area contributed by atoms with Gasteiger partial charge >= 0.3 is 0 Å². The van der Waals surface area contributed by atoms with Crippen molar-refractivity contribution >= 4 is 22.0 Å². The van der Waals surface area contributed by atoms with E-state index in [0.29, 0.717) is 6.54 Å². The molecule has 0 aliphatic carbocycles. The van der Waals surface area contributed by atoms with Crippen molar-refractivity contribution in [3.8, 4) is 0 Å². The number of hydrogen-bond acceptors (Lipinski definition) is 1. The highest BCUT2D eigenvalue weighted by molar-refractivity contribution is 9.10. The summed E-state index contributed by atoms with van der Waals surface area (Å²) in [5.41, 5.74) is 7.90. The van der Waals surface area contributed by atoms with Gasteiger partial charge < -0.3 is 5.73 Å². The van der Waals surface area contributed by atoms with Crippen LogP contribution in [0.15, 0.2) is 29.3 Å². The van der Waals surface area contributed by atoms with Crippen LogP contribution in [0.3, 0.4) is 0 Å². The van der Waals surface area contributed by atoms with Gasteiger partial charge in [-0.15, -0.1) is 0 Å². The molecule has 1 nitrogen and oxygen atoms in total. The third-order valence-corrected chi connectivity index (χ3v) is 2.23. The molecule has 0 spiro atoms. The first-order valence-corrected chi connectivity index (χ1v) is 4.68. The average molecular weight is 226 g/mol. The number of rotatable bonds is 3. The maximum absolute atomic E-state index is 5.48. The summed E-state index contributed by atoms with van der Waals surface area (Å²) >= 11 is 3.41. The van der Waals surface area contributed by atoms with E-state index in [2.05, 4.69) is 34.6 Å². The zero-order valence-electron chi connectivity index (χ0n) is 6.89. The smallest absolute Gasteiger partial charge is 0.0181 e. The molecule has 64 valence electrons. The van der Waals surface area contributed by atoms with E-state index in [1.807, 2.05) is 12.1 Å². The Kier molecular flexibility index (Phi) is 3.50. The minimum Gasteiger partial charge on any atom is -0.330 e. The molecule has 0 saturated carbocycles. The van der Waals surface area contributed by atoms with Gasteiger partial charge in [0.25, 0.3) is 0 Å². The number of nitrogens with two attached hydrogens (primary N) is 1. The molecule has 0 fully saturated rings. The van der Waals surface area contributed by atoms with Crippen molar-refractivity contribution in [2.45, 2.75) is 6.42 Å². The highest BCUT2D eigenvalue weighted by atomic mass is 79.9. The van der Waals surface area contributed by atoms with Gasteiger partial charge in [0.1, 0.15) is 0 Å². The largest absolute Gasteiger partial charge is 0.330 e. The number of benzene rings is 1. The fourth-order valence-corrected chi connectivity index (χ4v) is 1.52. The third kappa shape index (κ3) is 2.19. The van der Waals surface area contributed by atoms with Crippen molar-refractivity contribution in [3.63, 3.8) is 0 Å². The monoisotopic (exact) mass is 225 g/mol. The molecule has 0 radical (unpaired) electrons. The van der Waals surface area contributed by atoms with Gasteiger partial charge in [0.05, 0.1) is 0 Å². The van der Waals surface area contributed by atoms with Gasteiger partial charge in [-0.3, -0.25) is 0 Å². The van der Waals surface area contributed by atoms with Crippen LogP contribution in [0, 0.1) is 0 Å². The molecule has 1 rings (SSSR count). The van der Waals surface area contributed by atoms with Crippen LogP contribution in [-0.4, -0.2) is 6.54 Å². The van der Waals surface area contributed by atoms with E-state index in [9.17, 15) is 0 Å². The second-order valence-electron chi connectivity index (χ2n) is 2.59. The normalized spacial score (nSPS) is 9.83. The summed E-state index contributed by atoms with van der Waals surface area (Å²) < 4.78 is 1.08. The van der Waals surface area contributed by atoms with E-state index in [1.165, 1.54) is 5.56 Å². The zero-order valence-corrected chi connectivity index (χ0v) is 8.47. The van der Waals surface area contributed by atoms with Gasteiger partial charge in [-0.25, -0.2) is 0 Å². The topological polar surface area (TPSA) is 26.0 Å². The molecule has 0 aliphatic rings. The summed E-state index contributed by atoms with van der Waals surface area (Å²) in [6.45, 7) is 4.44. The number of halogens is 1. The Morgan fingerprint density at radius 3 is 2.83 bits per heavy atom. The van der Waals surface area contributed by atoms with E-state index in [0.717, 1.165) is 16.5 Å². The van der Waals surface area contributed by atoms with Crippen molar-refractivity contribution in [1.82, 2.24) is 0 Å². The summed E-state index contributed by atoms with van der Waals surface area (Å²) in [7, 11) is 0. The Balaban J connectivity index is 3.02. The molecule has 0 aromatic heterocycles. The molecule has 1 aromatic rings. The summed E-state index contributed by atoms with van der Waals surface area (Å²) in [4.78, 5) is 0. The van der Waals surface area contributed by atoms with Crippen molar-refractivity contribution < 1.29 is 0 Å². The maximum Gasteiger partial charge on any atom is 0.0181 e. The maximum atomic E-state index is 5.48. The van der Waals surface area contributed by atoms with Crippen molar-refractivity contribution in [2.24, 2.45) is 5.73 Å². The summed E-state index contributed by atoms with van der Waals surface area (Å²) in [6.07, 6.45) is 2.77. The van der Waals surface area contributed by atoms with Crippen LogP contribution in [0.1, 0.15) is 11.1 Å². The Bertz CT molecular complexity index is 281. The number of hydrogen-bond donors (Lipinski definition) is 1. The molecule has 2 heteroatoms. The minimum absolute atomic E-state index is 0.683. The van der Waals surface area contributed by atoms with E-state index in [1.54, 1.807) is 0 Å². The molecule has 12 heavy (non-hydrogen) atoms. The molecule has 0 atom stereocenters. The highest BCUT2D eigenvalue weighted by Gasteiger charge is 1.98. The van der Waals surface area contributed by atoms with Crippen LogP contribution < -0.4 is 5.73 Å². The lowest BCUT2D eigenvalue weighted by Crippen LogP contribution is -2.03. The van der Waals surface area contributed by atoms with E-state index in [-0.39, 0.29) is 0 Å². The van der Waals surface area contributed by atoms with Crippen LogP contribution in [0.5, 0.6) is 0 Å². The average Bonchev–Trinajstić information content (AvgIpc) is 2.08. The van der Waals surface area contributed by atoms with Gasteiger partial charge in [-0.1, -0.05) is 34.7 Å². The Morgan fingerprint density at radius 2 is 2.25 bits per heavy atom. The predicted octanol–water partition coefficient (Wildman–Crippen LogP) is 2.59. The van der Waals surface area contributed by atoms with Gasteiger partial charge in [0.15, 0.2) is 0 Å². The van der Waals surface area contributed by atoms with Crippen LogP contribution in [0.2, 0.25) is 0 Å². The predicted molar refractivity (Wildman–Crippen MR) is 57.0 cm³/mol. The molecule has 0 heterocycles. The van der Waals surface area contributed by atoms with E-state index >= 15 is 0 Å². The molecular weight excluding hydrogens is 214 g/mol. The van der Waals surface area contributed by atoms with E-state index in [4.69, 9.17) is 5.73 Å². The van der Waals surface area contributed by atoms with Crippen molar-refractivity contribution in [1.29, 1.82) is 0 Å². The van der Waals surface area contributed by atoms with E-state index < -0.39 is 0 Å². The molecule has 0 amide bonds. The SMILES string of the molecule is C=Cc1cc(Br)ccc1CCN. The minimum atomic E-state index is 0.683. The van der Waals surface area contributed by atoms with Crippen LogP contribution in [0.25, 0.3) is 6.08 Å². The molecular formula is C10H12BrN. The van der Waals surface area contributed by atoms with Crippen LogP contribution >= 0.6 is 15.9 Å². The summed E-state index contributed by atoms with van der Waals surface area (Å²) in [5, 5.41) is 0. The standard InChI is InChI=1S/C10H12BrN/c1-2-8-7-10(11)4-3-9(8)5-6-12/h2-4,7H,1,5-6,12H2. The Morgan fingerprint density at radius 1 is 1.50 bits per heavy atom. The fourth-order valence-electron chi connectivity index (χ4n) is 1.14. The molecule has 0 bridgehead atoms. The first-order chi connectivity index (χ1) is 5.77. The molecule has 1 aromatic carbocycles. The second-order valence-corrected chi connectivity index (χ2v) is 3.50. The molecule has 0 saturated heterocycles. The lowest BCUT2D eigenvalue weighted by Gasteiger charge is -2.04. The first-order valence-electron chi connectivity index (χ1n) is 3.89. The van der Waals surface area contributed by atoms with Gasteiger partial charge in [0, 0.05) is 4.47 Å².